The molecule has 0 amide bonds. The van der Waals surface area contributed by atoms with E-state index in [1.165, 1.54) is 29.5 Å². The molecule has 0 heterocycles. The summed E-state index contributed by atoms with van der Waals surface area (Å²) in [5.41, 5.74) is 7.06. The summed E-state index contributed by atoms with van der Waals surface area (Å²) >= 11 is 0. The largest absolute Gasteiger partial charge is 0.381 e. The molecule has 2 nitrogen and oxygen atoms in total. The Hall–Kier alpha value is -3.01. The molecule has 2 aromatic rings. The minimum Gasteiger partial charge on any atom is -0.381 e. The molecule has 4 heteroatoms. The molecular formula is C25H26F2N2. The van der Waals surface area contributed by atoms with Crippen LogP contribution in [0.3, 0.4) is 0 Å². The van der Waals surface area contributed by atoms with Crippen LogP contribution in [0.5, 0.6) is 0 Å². The number of alkyl halides is 2. The third kappa shape index (κ3) is 4.89. The molecule has 0 fully saturated rings. The Kier molecular flexibility index (Phi) is 6.12. The zero-order valence-electron chi connectivity index (χ0n) is 16.9. The zero-order valence-corrected chi connectivity index (χ0v) is 16.9. The molecule has 3 rings (SSSR count). The second-order valence-electron chi connectivity index (χ2n) is 7.49. The molecule has 0 radical (unpaired) electrons. The van der Waals surface area contributed by atoms with Crippen molar-refractivity contribution in [3.63, 3.8) is 0 Å². The molecule has 29 heavy (non-hydrogen) atoms. The number of aryl methyl sites for hydroxylation is 1. The summed E-state index contributed by atoms with van der Waals surface area (Å²) in [4.78, 5) is 0. The van der Waals surface area contributed by atoms with Crippen molar-refractivity contribution < 1.29 is 8.78 Å². The molecule has 0 aliphatic heterocycles. The number of nitrogens with one attached hydrogen (secondary N) is 2. The topological polar surface area (TPSA) is 35.9 Å². The highest BCUT2D eigenvalue weighted by Gasteiger charge is 2.23. The molecule has 2 N–H and O–H groups in total. The fourth-order valence-electron chi connectivity index (χ4n) is 3.47. The predicted octanol–water partition coefficient (Wildman–Crippen LogP) is 7.02. The van der Waals surface area contributed by atoms with Gasteiger partial charge in [-0.25, -0.2) is 8.78 Å². The number of benzene rings is 2. The molecule has 0 aromatic heterocycles. The van der Waals surface area contributed by atoms with Crippen molar-refractivity contribution >= 4 is 11.9 Å². The molecular weight excluding hydrogens is 366 g/mol. The lowest BCUT2D eigenvalue weighted by Crippen LogP contribution is -2.09. The molecule has 0 unspecified atom stereocenters. The summed E-state index contributed by atoms with van der Waals surface area (Å²) in [6.45, 7) is 7.43. The first kappa shape index (κ1) is 20.7. The van der Waals surface area contributed by atoms with Gasteiger partial charge in [-0.3, -0.25) is 0 Å². The summed E-state index contributed by atoms with van der Waals surface area (Å²) in [6.07, 6.45) is 9.44. The van der Waals surface area contributed by atoms with E-state index in [0.29, 0.717) is 0 Å². The van der Waals surface area contributed by atoms with E-state index in [2.05, 4.69) is 24.0 Å². The minimum atomic E-state index is -2.85. The summed E-state index contributed by atoms with van der Waals surface area (Å²) in [6, 6.07) is 10.3. The number of rotatable bonds is 7. The molecule has 0 bridgehead atoms. The molecule has 0 saturated carbocycles. The van der Waals surface area contributed by atoms with Gasteiger partial charge in [0.15, 0.2) is 0 Å². The second kappa shape index (κ2) is 8.56. The van der Waals surface area contributed by atoms with Crippen LogP contribution in [0.1, 0.15) is 36.5 Å². The normalized spacial score (nSPS) is 14.1. The van der Waals surface area contributed by atoms with E-state index in [1.54, 1.807) is 12.1 Å². The van der Waals surface area contributed by atoms with Crippen molar-refractivity contribution in [3.05, 3.63) is 89.0 Å². The van der Waals surface area contributed by atoms with Crippen molar-refractivity contribution in [2.45, 2.75) is 32.6 Å². The van der Waals surface area contributed by atoms with Gasteiger partial charge in [0, 0.05) is 36.5 Å². The molecule has 1 aliphatic rings. The van der Waals surface area contributed by atoms with Gasteiger partial charge >= 0.3 is 0 Å². The fraction of sp³-hybridized carbons (Fsp3) is 0.240. The van der Waals surface area contributed by atoms with Crippen LogP contribution in [0, 0.1) is 12.3 Å². The van der Waals surface area contributed by atoms with E-state index in [4.69, 9.17) is 5.41 Å². The Morgan fingerprint density at radius 3 is 2.41 bits per heavy atom. The average molecular weight is 392 g/mol. The van der Waals surface area contributed by atoms with E-state index in [-0.39, 0.29) is 5.56 Å². The smallest absolute Gasteiger partial charge is 0.270 e. The Labute approximate surface area is 171 Å². The third-order valence-corrected chi connectivity index (χ3v) is 5.29. The second-order valence-corrected chi connectivity index (χ2v) is 7.49. The molecule has 1 aliphatic carbocycles. The molecule has 0 saturated heterocycles. The van der Waals surface area contributed by atoms with Gasteiger partial charge in [-0.15, -0.1) is 0 Å². The first-order chi connectivity index (χ1) is 13.8. The Balaban J connectivity index is 1.82. The van der Waals surface area contributed by atoms with Crippen LogP contribution in [-0.2, 0) is 5.92 Å². The summed E-state index contributed by atoms with van der Waals surface area (Å²) < 4.78 is 26.9. The van der Waals surface area contributed by atoms with E-state index in [0.717, 1.165) is 54.3 Å². The van der Waals surface area contributed by atoms with Crippen LogP contribution in [0.15, 0.2) is 72.4 Å². The summed E-state index contributed by atoms with van der Waals surface area (Å²) in [5.74, 6) is -2.85. The number of hydrogen-bond donors (Lipinski definition) is 2. The van der Waals surface area contributed by atoms with Crippen LogP contribution in [0.2, 0.25) is 0 Å². The van der Waals surface area contributed by atoms with Gasteiger partial charge in [0.25, 0.3) is 5.92 Å². The third-order valence-electron chi connectivity index (χ3n) is 5.29. The highest BCUT2D eigenvalue weighted by Crippen LogP contribution is 2.32. The average Bonchev–Trinajstić information content (AvgIpc) is 2.72. The SMILES string of the molecule is C=CC1=CC=C(CNc2cc(C)c(-c3ccc(C(C)(F)F)cc3)cc2C=N)CC1. The molecule has 2 aromatic carbocycles. The number of halogens is 2. The van der Waals surface area contributed by atoms with Gasteiger partial charge in [0.2, 0.25) is 0 Å². The quantitative estimate of drug-likeness (QED) is 0.488. The van der Waals surface area contributed by atoms with Crippen LogP contribution in [0.25, 0.3) is 11.1 Å². The Morgan fingerprint density at radius 1 is 1.14 bits per heavy atom. The fourth-order valence-corrected chi connectivity index (χ4v) is 3.47. The van der Waals surface area contributed by atoms with Gasteiger partial charge in [0.1, 0.15) is 0 Å². The standard InChI is InChI=1S/C25H26F2N2/c1-4-18-5-7-19(8-6-18)16-29-24-13-17(2)23(14-21(24)15-28)20-9-11-22(12-10-20)25(3,26)27/h4-5,7,9-15,28-29H,1,6,8,16H2,2-3H3. The van der Waals surface area contributed by atoms with Gasteiger partial charge in [-0.1, -0.05) is 54.6 Å². The van der Waals surface area contributed by atoms with Crippen LogP contribution >= 0.6 is 0 Å². The summed E-state index contributed by atoms with van der Waals surface area (Å²) in [5, 5.41) is 11.2. The van der Waals surface area contributed by atoms with Gasteiger partial charge < -0.3 is 10.7 Å². The number of hydrogen-bond acceptors (Lipinski definition) is 2. The van der Waals surface area contributed by atoms with Crippen molar-refractivity contribution in [2.75, 3.05) is 11.9 Å². The zero-order chi connectivity index (χ0) is 21.0. The van der Waals surface area contributed by atoms with Crippen LogP contribution in [0.4, 0.5) is 14.5 Å². The van der Waals surface area contributed by atoms with E-state index in [1.807, 2.05) is 25.1 Å². The molecule has 0 spiro atoms. The van der Waals surface area contributed by atoms with Gasteiger partial charge in [0.05, 0.1) is 0 Å². The maximum Gasteiger partial charge on any atom is 0.270 e. The van der Waals surface area contributed by atoms with E-state index in [9.17, 15) is 8.78 Å². The van der Waals surface area contributed by atoms with Crippen molar-refractivity contribution in [2.24, 2.45) is 0 Å². The predicted molar refractivity (Wildman–Crippen MR) is 118 cm³/mol. The van der Waals surface area contributed by atoms with E-state index < -0.39 is 5.92 Å². The number of anilines is 1. The Bertz CT molecular complexity index is 977. The van der Waals surface area contributed by atoms with Crippen molar-refractivity contribution in [1.82, 2.24) is 0 Å². The van der Waals surface area contributed by atoms with Gasteiger partial charge in [-0.2, -0.15) is 0 Å². The lowest BCUT2D eigenvalue weighted by Gasteiger charge is -2.17. The summed E-state index contributed by atoms with van der Waals surface area (Å²) in [7, 11) is 0. The number of allylic oxidation sites excluding steroid dienone is 4. The minimum absolute atomic E-state index is 0.00103. The van der Waals surface area contributed by atoms with Crippen molar-refractivity contribution in [3.8, 4) is 11.1 Å². The maximum atomic E-state index is 13.5. The molecule has 0 atom stereocenters. The van der Waals surface area contributed by atoms with E-state index >= 15 is 0 Å². The highest BCUT2D eigenvalue weighted by atomic mass is 19.3. The monoisotopic (exact) mass is 392 g/mol. The Morgan fingerprint density at radius 2 is 1.86 bits per heavy atom. The first-order valence-corrected chi connectivity index (χ1v) is 9.70. The lowest BCUT2D eigenvalue weighted by atomic mass is 9.95. The highest BCUT2D eigenvalue weighted by molar-refractivity contribution is 5.89. The first-order valence-electron chi connectivity index (χ1n) is 9.70. The van der Waals surface area contributed by atoms with Gasteiger partial charge in [-0.05, 0) is 54.2 Å². The molecule has 150 valence electrons. The van der Waals surface area contributed by atoms with Crippen molar-refractivity contribution in [1.29, 1.82) is 5.41 Å². The maximum absolute atomic E-state index is 13.5. The lowest BCUT2D eigenvalue weighted by molar-refractivity contribution is 0.0175. The van der Waals surface area contributed by atoms with Crippen LogP contribution < -0.4 is 5.32 Å². The van der Waals surface area contributed by atoms with Crippen LogP contribution in [-0.4, -0.2) is 12.8 Å².